The van der Waals surface area contributed by atoms with E-state index in [1.54, 1.807) is 10.7 Å². The summed E-state index contributed by atoms with van der Waals surface area (Å²) < 4.78 is 1.80. The van der Waals surface area contributed by atoms with Crippen molar-refractivity contribution in [3.63, 3.8) is 0 Å². The fraction of sp³-hybridized carbons (Fsp3) is 0.421. The van der Waals surface area contributed by atoms with Crippen molar-refractivity contribution < 1.29 is 5.11 Å². The van der Waals surface area contributed by atoms with Crippen molar-refractivity contribution in [3.8, 4) is 0 Å². The minimum absolute atomic E-state index is 0.0148. The lowest BCUT2D eigenvalue weighted by Crippen LogP contribution is -2.45. The molecule has 3 aromatic heterocycles. The van der Waals surface area contributed by atoms with Crippen LogP contribution in [-0.2, 0) is 6.54 Å². The molecule has 0 spiro atoms. The number of nitrogens with one attached hydrogen (secondary N) is 1. The predicted octanol–water partition coefficient (Wildman–Crippen LogP) is 2.54. The number of fused-ring (bicyclic) bond motifs is 1. The number of aliphatic hydroxyl groups is 1. The molecule has 1 unspecified atom stereocenters. The molecule has 29 heavy (non-hydrogen) atoms. The van der Waals surface area contributed by atoms with Crippen molar-refractivity contribution in [2.75, 3.05) is 18.4 Å². The fourth-order valence-corrected chi connectivity index (χ4v) is 3.73. The molecule has 0 radical (unpaired) electrons. The number of hydrogen-bond acceptors (Lipinski definition) is 7. The molecule has 150 valence electrons. The molecule has 1 fully saturated rings. The van der Waals surface area contributed by atoms with Crippen molar-refractivity contribution in [2.24, 2.45) is 5.11 Å². The van der Waals surface area contributed by atoms with Crippen LogP contribution in [0.4, 0.5) is 5.82 Å². The van der Waals surface area contributed by atoms with Crippen LogP contribution >= 0.6 is 0 Å². The molecule has 2 N–H and O–H groups in total. The third-order valence-electron chi connectivity index (χ3n) is 5.25. The van der Waals surface area contributed by atoms with E-state index in [0.717, 1.165) is 29.1 Å². The van der Waals surface area contributed by atoms with Crippen LogP contribution in [0.2, 0.25) is 0 Å². The molecular weight excluding hydrogens is 370 g/mol. The second-order valence-electron chi connectivity index (χ2n) is 7.23. The number of hydrogen-bond donors (Lipinski definition) is 2. The summed E-state index contributed by atoms with van der Waals surface area (Å²) in [5.41, 5.74) is 11.5. The van der Waals surface area contributed by atoms with Crippen LogP contribution in [0.1, 0.15) is 30.6 Å². The van der Waals surface area contributed by atoms with Gasteiger partial charge in [0, 0.05) is 30.4 Å². The Hall–Kier alpha value is -3.20. The first-order chi connectivity index (χ1) is 14.2. The third kappa shape index (κ3) is 4.14. The van der Waals surface area contributed by atoms with E-state index in [2.05, 4.69) is 35.3 Å². The van der Waals surface area contributed by atoms with Gasteiger partial charge in [0.25, 0.3) is 0 Å². The SMILES string of the molecule is CC(Nc1ncnn2ccc(CN3CC[C@@H](N=[N+]=[N-])[C@H](O)C3)c12)c1ccccn1. The lowest BCUT2D eigenvalue weighted by atomic mass is 10.0. The molecule has 3 aromatic rings. The Bertz CT molecular complexity index is 1010. The number of anilines is 1. The summed E-state index contributed by atoms with van der Waals surface area (Å²) in [5, 5.41) is 21.7. The van der Waals surface area contributed by atoms with Crippen LogP contribution in [0.3, 0.4) is 0 Å². The highest BCUT2D eigenvalue weighted by Gasteiger charge is 2.27. The first kappa shape index (κ1) is 19.1. The van der Waals surface area contributed by atoms with E-state index in [4.69, 9.17) is 5.53 Å². The number of piperidine rings is 1. The normalized spacial score (nSPS) is 20.9. The highest BCUT2D eigenvalue weighted by Crippen LogP contribution is 2.25. The standard InChI is InChI=1S/C19H23N9O/c1-13(15-4-2-3-7-21-15)24-19-18-14(5-9-28(18)23-12-22-19)10-27-8-6-16(25-26-20)17(29)11-27/h2-5,7,9,12-13,16-17,29H,6,8,10-11H2,1H3,(H,22,23,24)/t13?,16-,17-/m1/s1. The summed E-state index contributed by atoms with van der Waals surface area (Å²) in [7, 11) is 0. The van der Waals surface area contributed by atoms with Gasteiger partial charge in [-0.05, 0) is 49.2 Å². The summed E-state index contributed by atoms with van der Waals surface area (Å²) in [4.78, 5) is 13.8. The summed E-state index contributed by atoms with van der Waals surface area (Å²) in [6.45, 7) is 3.90. The fourth-order valence-electron chi connectivity index (χ4n) is 3.73. The molecular formula is C19H23N9O. The second kappa shape index (κ2) is 8.44. The van der Waals surface area contributed by atoms with Gasteiger partial charge >= 0.3 is 0 Å². The van der Waals surface area contributed by atoms with Gasteiger partial charge in [-0.3, -0.25) is 9.88 Å². The summed E-state index contributed by atoms with van der Waals surface area (Å²) >= 11 is 0. The minimum atomic E-state index is -0.661. The third-order valence-corrected chi connectivity index (χ3v) is 5.25. The quantitative estimate of drug-likeness (QED) is 0.376. The maximum Gasteiger partial charge on any atom is 0.154 e. The summed E-state index contributed by atoms with van der Waals surface area (Å²) in [6.07, 6.45) is 5.18. The Morgan fingerprint density at radius 2 is 2.28 bits per heavy atom. The van der Waals surface area contributed by atoms with Gasteiger partial charge < -0.3 is 10.4 Å². The number of rotatable bonds is 6. The average molecular weight is 393 g/mol. The van der Waals surface area contributed by atoms with Gasteiger partial charge in [-0.25, -0.2) is 9.50 Å². The molecule has 1 aliphatic heterocycles. The van der Waals surface area contributed by atoms with E-state index < -0.39 is 6.10 Å². The van der Waals surface area contributed by atoms with E-state index in [0.29, 0.717) is 19.5 Å². The summed E-state index contributed by atoms with van der Waals surface area (Å²) in [6, 6.07) is 7.48. The minimum Gasteiger partial charge on any atom is -0.391 e. The Morgan fingerprint density at radius 1 is 1.38 bits per heavy atom. The molecule has 1 aliphatic rings. The van der Waals surface area contributed by atoms with Crippen LogP contribution < -0.4 is 5.32 Å². The zero-order valence-corrected chi connectivity index (χ0v) is 16.1. The average Bonchev–Trinajstić information content (AvgIpc) is 3.14. The molecule has 10 nitrogen and oxygen atoms in total. The number of aromatic nitrogens is 4. The van der Waals surface area contributed by atoms with Crippen molar-refractivity contribution in [1.29, 1.82) is 0 Å². The Labute approximate surface area is 167 Å². The van der Waals surface area contributed by atoms with E-state index in [-0.39, 0.29) is 12.1 Å². The molecule has 0 bridgehead atoms. The maximum atomic E-state index is 10.3. The van der Waals surface area contributed by atoms with Gasteiger partial charge in [-0.15, -0.1) is 0 Å². The van der Waals surface area contributed by atoms with Crippen LogP contribution in [0, 0.1) is 0 Å². The van der Waals surface area contributed by atoms with Crippen molar-refractivity contribution in [1.82, 2.24) is 24.5 Å². The number of β-amino-alcohol motifs (C(OH)–C–C–N with tert-alkyl or cyclic N) is 1. The largest absolute Gasteiger partial charge is 0.391 e. The molecule has 0 amide bonds. The lowest BCUT2D eigenvalue weighted by Gasteiger charge is -2.33. The van der Waals surface area contributed by atoms with E-state index in [1.165, 1.54) is 6.33 Å². The van der Waals surface area contributed by atoms with Gasteiger partial charge in [0.2, 0.25) is 0 Å². The zero-order valence-electron chi connectivity index (χ0n) is 16.1. The van der Waals surface area contributed by atoms with E-state index in [9.17, 15) is 5.11 Å². The predicted molar refractivity (Wildman–Crippen MR) is 108 cm³/mol. The molecule has 10 heteroatoms. The monoisotopic (exact) mass is 393 g/mol. The first-order valence-electron chi connectivity index (χ1n) is 9.59. The Kier molecular flexibility index (Phi) is 5.57. The lowest BCUT2D eigenvalue weighted by molar-refractivity contribution is 0.0503. The first-order valence-corrected chi connectivity index (χ1v) is 9.59. The van der Waals surface area contributed by atoms with Crippen molar-refractivity contribution in [2.45, 2.75) is 38.1 Å². The van der Waals surface area contributed by atoms with E-state index >= 15 is 0 Å². The number of nitrogens with zero attached hydrogens (tertiary/aromatic N) is 8. The molecule has 4 rings (SSSR count). The smallest absolute Gasteiger partial charge is 0.154 e. The van der Waals surface area contributed by atoms with Gasteiger partial charge in [-0.2, -0.15) is 5.10 Å². The number of azide groups is 1. The van der Waals surface area contributed by atoms with E-state index in [1.807, 2.05) is 37.4 Å². The Morgan fingerprint density at radius 3 is 3.03 bits per heavy atom. The molecule has 4 heterocycles. The second-order valence-corrected chi connectivity index (χ2v) is 7.23. The molecule has 0 aromatic carbocycles. The topological polar surface area (TPSA) is 127 Å². The number of aliphatic hydroxyl groups excluding tert-OH is 1. The van der Waals surface area contributed by atoms with Gasteiger partial charge in [-0.1, -0.05) is 11.2 Å². The maximum absolute atomic E-state index is 10.3. The van der Waals surface area contributed by atoms with Crippen LogP contribution in [-0.4, -0.2) is 54.8 Å². The van der Waals surface area contributed by atoms with Gasteiger partial charge in [0.15, 0.2) is 5.82 Å². The highest BCUT2D eigenvalue weighted by molar-refractivity contribution is 5.72. The van der Waals surface area contributed by atoms with Crippen molar-refractivity contribution in [3.05, 3.63) is 64.7 Å². The number of pyridine rings is 1. The van der Waals surface area contributed by atoms with Gasteiger partial charge in [0.05, 0.1) is 23.9 Å². The van der Waals surface area contributed by atoms with Crippen LogP contribution in [0.25, 0.3) is 16.0 Å². The molecule has 1 saturated heterocycles. The van der Waals surface area contributed by atoms with Crippen molar-refractivity contribution >= 4 is 11.3 Å². The highest BCUT2D eigenvalue weighted by atomic mass is 16.3. The Balaban J connectivity index is 1.54. The van der Waals surface area contributed by atoms with Gasteiger partial charge in [0.1, 0.15) is 11.8 Å². The summed E-state index contributed by atoms with van der Waals surface area (Å²) in [5.74, 6) is 0.739. The molecule has 0 aliphatic carbocycles. The van der Waals surface area contributed by atoms with Crippen LogP contribution in [0.15, 0.2) is 48.1 Å². The molecule has 0 saturated carbocycles. The zero-order chi connectivity index (χ0) is 20.2. The molecule has 3 atom stereocenters. The number of likely N-dealkylation sites (tertiary alicyclic amines) is 1. The van der Waals surface area contributed by atoms with Crippen LogP contribution in [0.5, 0.6) is 0 Å².